The largest absolute Gasteiger partial charge is 0.444 e. The van der Waals surface area contributed by atoms with Crippen LogP contribution in [0.2, 0.25) is 0 Å². The Morgan fingerprint density at radius 1 is 1.29 bits per heavy atom. The van der Waals surface area contributed by atoms with E-state index in [1.807, 2.05) is 20.8 Å². The molecule has 1 saturated heterocycles. The van der Waals surface area contributed by atoms with Crippen LogP contribution in [0, 0.1) is 0 Å². The molecule has 0 bridgehead atoms. The molecule has 1 fully saturated rings. The summed E-state index contributed by atoms with van der Waals surface area (Å²) in [6.45, 7) is 7.07. The van der Waals surface area contributed by atoms with Gasteiger partial charge in [0.2, 0.25) is 5.91 Å². The molecule has 6 heteroatoms. The van der Waals surface area contributed by atoms with Crippen LogP contribution in [0.3, 0.4) is 0 Å². The summed E-state index contributed by atoms with van der Waals surface area (Å²) in [4.78, 5) is 28.0. The standard InChI is InChI=1S/C15H28N2O4/c1-15(2,3)21-14(19)17-9-7-6-8-12(17)13(18)16(4)10-11-20-5/h12H,6-11H2,1-5H3/t12-/m1/s1. The fourth-order valence-electron chi connectivity index (χ4n) is 2.32. The molecular formula is C15H28N2O4. The maximum absolute atomic E-state index is 12.5. The van der Waals surface area contributed by atoms with Crippen LogP contribution in [-0.4, -0.2) is 67.3 Å². The van der Waals surface area contributed by atoms with Crippen molar-refractivity contribution in [1.29, 1.82) is 0 Å². The maximum Gasteiger partial charge on any atom is 0.410 e. The molecule has 1 aliphatic rings. The van der Waals surface area contributed by atoms with Gasteiger partial charge in [-0.1, -0.05) is 0 Å². The van der Waals surface area contributed by atoms with Crippen LogP contribution >= 0.6 is 0 Å². The number of hydrogen-bond acceptors (Lipinski definition) is 4. The fourth-order valence-corrected chi connectivity index (χ4v) is 2.32. The third-order valence-electron chi connectivity index (χ3n) is 3.42. The van der Waals surface area contributed by atoms with E-state index in [0.29, 0.717) is 26.1 Å². The highest BCUT2D eigenvalue weighted by atomic mass is 16.6. The lowest BCUT2D eigenvalue weighted by molar-refractivity contribution is -0.137. The average molecular weight is 300 g/mol. The minimum Gasteiger partial charge on any atom is -0.444 e. The molecule has 0 N–H and O–H groups in total. The van der Waals surface area contributed by atoms with Gasteiger partial charge in [0.15, 0.2) is 0 Å². The van der Waals surface area contributed by atoms with Crippen LogP contribution in [0.15, 0.2) is 0 Å². The number of ether oxygens (including phenoxy) is 2. The second-order valence-corrected chi connectivity index (χ2v) is 6.44. The van der Waals surface area contributed by atoms with Gasteiger partial charge in [-0.25, -0.2) is 4.79 Å². The summed E-state index contributed by atoms with van der Waals surface area (Å²) in [7, 11) is 3.34. The fraction of sp³-hybridized carbons (Fsp3) is 0.867. The lowest BCUT2D eigenvalue weighted by Gasteiger charge is -2.37. The highest BCUT2D eigenvalue weighted by Gasteiger charge is 2.35. The van der Waals surface area contributed by atoms with E-state index in [0.717, 1.165) is 12.8 Å². The van der Waals surface area contributed by atoms with Gasteiger partial charge in [-0.15, -0.1) is 0 Å². The van der Waals surface area contributed by atoms with Gasteiger partial charge < -0.3 is 14.4 Å². The van der Waals surface area contributed by atoms with Crippen molar-refractivity contribution in [2.45, 2.75) is 51.7 Å². The first-order chi connectivity index (χ1) is 9.76. The Labute approximate surface area is 127 Å². The molecule has 0 unspecified atom stereocenters. The monoisotopic (exact) mass is 300 g/mol. The minimum atomic E-state index is -0.552. The van der Waals surface area contributed by atoms with Crippen LogP contribution in [0.5, 0.6) is 0 Å². The van der Waals surface area contributed by atoms with Gasteiger partial charge in [-0.3, -0.25) is 9.69 Å². The van der Waals surface area contributed by atoms with E-state index in [4.69, 9.17) is 9.47 Å². The van der Waals surface area contributed by atoms with E-state index in [1.165, 1.54) is 0 Å². The molecule has 2 amide bonds. The highest BCUT2D eigenvalue weighted by Crippen LogP contribution is 2.21. The molecule has 0 saturated carbocycles. The summed E-state index contributed by atoms with van der Waals surface area (Å²) in [5.74, 6) is -0.0439. The quantitative estimate of drug-likeness (QED) is 0.795. The van der Waals surface area contributed by atoms with Crippen LogP contribution < -0.4 is 0 Å². The molecular weight excluding hydrogens is 272 g/mol. The Bertz CT molecular complexity index is 365. The molecule has 0 spiro atoms. The van der Waals surface area contributed by atoms with Gasteiger partial charge in [-0.2, -0.15) is 0 Å². The predicted molar refractivity (Wildman–Crippen MR) is 80.1 cm³/mol. The molecule has 0 aromatic heterocycles. The number of likely N-dealkylation sites (N-methyl/N-ethyl adjacent to an activating group) is 1. The van der Waals surface area contributed by atoms with E-state index >= 15 is 0 Å². The Morgan fingerprint density at radius 3 is 2.52 bits per heavy atom. The van der Waals surface area contributed by atoms with Crippen molar-refractivity contribution in [1.82, 2.24) is 9.80 Å². The topological polar surface area (TPSA) is 59.1 Å². The van der Waals surface area contributed by atoms with Crippen molar-refractivity contribution in [3.05, 3.63) is 0 Å². The van der Waals surface area contributed by atoms with E-state index in [9.17, 15) is 9.59 Å². The van der Waals surface area contributed by atoms with E-state index < -0.39 is 17.7 Å². The molecule has 1 aliphatic heterocycles. The summed E-state index contributed by atoms with van der Waals surface area (Å²) in [6, 6.07) is -0.421. The van der Waals surface area contributed by atoms with Gasteiger partial charge >= 0.3 is 6.09 Å². The zero-order chi connectivity index (χ0) is 16.0. The molecule has 21 heavy (non-hydrogen) atoms. The van der Waals surface area contributed by atoms with Gasteiger partial charge in [0.05, 0.1) is 6.61 Å². The van der Waals surface area contributed by atoms with Gasteiger partial charge in [0.1, 0.15) is 11.6 Å². The maximum atomic E-state index is 12.5. The first kappa shape index (κ1) is 17.8. The van der Waals surface area contributed by atoms with Crippen LogP contribution in [-0.2, 0) is 14.3 Å². The first-order valence-corrected chi connectivity index (χ1v) is 7.50. The van der Waals surface area contributed by atoms with E-state index in [-0.39, 0.29) is 5.91 Å². The minimum absolute atomic E-state index is 0.0439. The third-order valence-corrected chi connectivity index (χ3v) is 3.42. The molecule has 0 radical (unpaired) electrons. The number of hydrogen-bond donors (Lipinski definition) is 0. The summed E-state index contributed by atoms with van der Waals surface area (Å²) in [5.41, 5.74) is -0.552. The zero-order valence-corrected chi connectivity index (χ0v) is 13.8. The molecule has 1 rings (SSSR count). The first-order valence-electron chi connectivity index (χ1n) is 7.50. The Morgan fingerprint density at radius 2 is 1.95 bits per heavy atom. The van der Waals surface area contributed by atoms with Crippen molar-refractivity contribution in [3.8, 4) is 0 Å². The lowest BCUT2D eigenvalue weighted by Crippen LogP contribution is -2.53. The van der Waals surface area contributed by atoms with Crippen molar-refractivity contribution < 1.29 is 19.1 Å². The van der Waals surface area contributed by atoms with Gasteiger partial charge in [0, 0.05) is 27.2 Å². The Hall–Kier alpha value is -1.30. The number of carbonyl (C=O) groups excluding carboxylic acids is 2. The second-order valence-electron chi connectivity index (χ2n) is 6.44. The molecule has 0 aromatic rings. The van der Waals surface area contributed by atoms with Crippen molar-refractivity contribution in [2.75, 3.05) is 33.9 Å². The number of amides is 2. The number of rotatable bonds is 4. The predicted octanol–water partition coefficient (Wildman–Crippen LogP) is 1.88. The normalized spacial score (nSPS) is 19.3. The molecule has 0 aliphatic carbocycles. The third kappa shape index (κ3) is 5.53. The van der Waals surface area contributed by atoms with Crippen molar-refractivity contribution in [3.63, 3.8) is 0 Å². The number of methoxy groups -OCH3 is 1. The van der Waals surface area contributed by atoms with Crippen LogP contribution in [0.1, 0.15) is 40.0 Å². The van der Waals surface area contributed by atoms with Gasteiger partial charge in [0.25, 0.3) is 0 Å². The summed E-state index contributed by atoms with van der Waals surface area (Å²) >= 11 is 0. The summed E-state index contributed by atoms with van der Waals surface area (Å²) in [5, 5.41) is 0. The van der Waals surface area contributed by atoms with Crippen molar-refractivity contribution in [2.24, 2.45) is 0 Å². The van der Waals surface area contributed by atoms with E-state index in [1.54, 1.807) is 24.0 Å². The molecule has 122 valence electrons. The number of piperidine rings is 1. The number of carbonyl (C=O) groups is 2. The second kappa shape index (κ2) is 7.64. The molecule has 1 atom stereocenters. The van der Waals surface area contributed by atoms with Crippen LogP contribution in [0.25, 0.3) is 0 Å². The average Bonchev–Trinajstić information content (AvgIpc) is 2.42. The summed E-state index contributed by atoms with van der Waals surface area (Å²) < 4.78 is 10.4. The molecule has 1 heterocycles. The number of likely N-dealkylation sites (tertiary alicyclic amines) is 1. The van der Waals surface area contributed by atoms with Crippen molar-refractivity contribution >= 4 is 12.0 Å². The Balaban J connectivity index is 2.72. The van der Waals surface area contributed by atoms with Crippen LogP contribution in [0.4, 0.5) is 4.79 Å². The SMILES string of the molecule is COCCN(C)C(=O)[C@H]1CCCCN1C(=O)OC(C)(C)C. The number of nitrogens with zero attached hydrogens (tertiary/aromatic N) is 2. The Kier molecular flexibility index (Phi) is 6.45. The highest BCUT2D eigenvalue weighted by molar-refractivity contribution is 5.85. The molecule has 6 nitrogen and oxygen atoms in total. The van der Waals surface area contributed by atoms with Gasteiger partial charge in [-0.05, 0) is 40.0 Å². The zero-order valence-electron chi connectivity index (χ0n) is 13.8. The van der Waals surface area contributed by atoms with E-state index in [2.05, 4.69) is 0 Å². The smallest absolute Gasteiger partial charge is 0.410 e. The lowest BCUT2D eigenvalue weighted by atomic mass is 10.0. The molecule has 0 aromatic carbocycles. The summed E-state index contributed by atoms with van der Waals surface area (Å²) in [6.07, 6.45) is 2.15.